The number of amides is 1. The van der Waals surface area contributed by atoms with E-state index >= 15 is 0 Å². The number of carboxylic acid groups (broad SMARTS) is 1. The number of rotatable bonds is 1. The first-order valence-corrected chi connectivity index (χ1v) is 4.15. The number of nitrogens with one attached hydrogen (secondary N) is 1. The summed E-state index contributed by atoms with van der Waals surface area (Å²) in [7, 11) is 0. The molecule has 4 heteroatoms. The molecule has 0 aromatic heterocycles. The van der Waals surface area contributed by atoms with Crippen LogP contribution in [0.15, 0.2) is 22.7 Å². The van der Waals surface area contributed by atoms with E-state index in [9.17, 15) is 4.79 Å². The lowest BCUT2D eigenvalue weighted by atomic mass is 10.2. The first kappa shape index (κ1) is 9.06. The Hall–Kier alpha value is -1.03. The van der Waals surface area contributed by atoms with Gasteiger partial charge in [-0.1, -0.05) is 22.0 Å². The second-order valence-electron chi connectivity index (χ2n) is 2.39. The van der Waals surface area contributed by atoms with Crippen LogP contribution in [0.5, 0.6) is 0 Å². The summed E-state index contributed by atoms with van der Waals surface area (Å²) in [6.07, 6.45) is -1.05. The van der Waals surface area contributed by atoms with Gasteiger partial charge in [-0.25, -0.2) is 4.79 Å². The van der Waals surface area contributed by atoms with E-state index in [0.29, 0.717) is 5.69 Å². The maximum atomic E-state index is 10.3. The zero-order chi connectivity index (χ0) is 9.14. The zero-order valence-electron chi connectivity index (χ0n) is 6.47. The average molecular weight is 230 g/mol. The first-order valence-electron chi connectivity index (χ1n) is 3.35. The molecule has 0 aliphatic heterocycles. The topological polar surface area (TPSA) is 49.3 Å². The van der Waals surface area contributed by atoms with Crippen LogP contribution in [0.2, 0.25) is 0 Å². The van der Waals surface area contributed by atoms with Crippen LogP contribution in [0.3, 0.4) is 0 Å². The Morgan fingerprint density at radius 1 is 1.58 bits per heavy atom. The fourth-order valence-electron chi connectivity index (χ4n) is 0.844. The minimum absolute atomic E-state index is 0.608. The number of halogens is 1. The van der Waals surface area contributed by atoms with E-state index in [1.54, 1.807) is 6.07 Å². The second kappa shape index (κ2) is 3.58. The number of hydrogen-bond acceptors (Lipinski definition) is 1. The van der Waals surface area contributed by atoms with Crippen LogP contribution in [0, 0.1) is 6.92 Å². The predicted molar refractivity (Wildman–Crippen MR) is 50.5 cm³/mol. The molecular weight excluding hydrogens is 222 g/mol. The van der Waals surface area contributed by atoms with Crippen molar-refractivity contribution in [2.45, 2.75) is 6.92 Å². The summed E-state index contributed by atoms with van der Waals surface area (Å²) in [6.45, 7) is 1.84. The van der Waals surface area contributed by atoms with Gasteiger partial charge in [0.2, 0.25) is 0 Å². The fourth-order valence-corrected chi connectivity index (χ4v) is 1.21. The van der Waals surface area contributed by atoms with Gasteiger partial charge >= 0.3 is 6.09 Å². The molecule has 2 N–H and O–H groups in total. The monoisotopic (exact) mass is 229 g/mol. The highest BCUT2D eigenvalue weighted by atomic mass is 79.9. The van der Waals surface area contributed by atoms with Crippen LogP contribution in [-0.2, 0) is 0 Å². The lowest BCUT2D eigenvalue weighted by molar-refractivity contribution is 0.209. The maximum absolute atomic E-state index is 10.3. The molecule has 1 rings (SSSR count). The van der Waals surface area contributed by atoms with Crippen molar-refractivity contribution < 1.29 is 9.90 Å². The summed E-state index contributed by atoms with van der Waals surface area (Å²) in [5.74, 6) is 0. The highest BCUT2D eigenvalue weighted by molar-refractivity contribution is 9.10. The number of benzene rings is 1. The van der Waals surface area contributed by atoms with E-state index in [4.69, 9.17) is 5.11 Å². The van der Waals surface area contributed by atoms with Crippen LogP contribution < -0.4 is 5.32 Å². The van der Waals surface area contributed by atoms with Gasteiger partial charge in [0.25, 0.3) is 0 Å². The summed E-state index contributed by atoms with van der Waals surface area (Å²) in [5.41, 5.74) is 1.51. The third kappa shape index (κ3) is 2.23. The van der Waals surface area contributed by atoms with Crippen LogP contribution in [0.1, 0.15) is 5.56 Å². The molecule has 12 heavy (non-hydrogen) atoms. The number of aryl methyl sites for hydroxylation is 1. The molecule has 0 bridgehead atoms. The van der Waals surface area contributed by atoms with Gasteiger partial charge in [-0.2, -0.15) is 0 Å². The van der Waals surface area contributed by atoms with Crippen molar-refractivity contribution in [1.29, 1.82) is 0 Å². The van der Waals surface area contributed by atoms with Crippen LogP contribution >= 0.6 is 15.9 Å². The molecule has 0 aliphatic carbocycles. The van der Waals surface area contributed by atoms with Crippen molar-refractivity contribution in [3.05, 3.63) is 28.2 Å². The van der Waals surface area contributed by atoms with E-state index in [1.165, 1.54) is 0 Å². The molecular formula is C8H8BrNO2. The van der Waals surface area contributed by atoms with E-state index in [2.05, 4.69) is 21.2 Å². The lowest BCUT2D eigenvalue weighted by Crippen LogP contribution is -2.08. The molecule has 1 aromatic rings. The molecule has 0 fully saturated rings. The van der Waals surface area contributed by atoms with E-state index in [0.717, 1.165) is 10.0 Å². The molecule has 0 saturated heterocycles. The maximum Gasteiger partial charge on any atom is 0.409 e. The molecule has 0 unspecified atom stereocenters. The van der Waals surface area contributed by atoms with Gasteiger partial charge in [-0.3, -0.25) is 5.32 Å². The van der Waals surface area contributed by atoms with E-state index in [1.807, 2.05) is 19.1 Å². The minimum Gasteiger partial charge on any atom is -0.465 e. The van der Waals surface area contributed by atoms with Gasteiger partial charge in [0.15, 0.2) is 0 Å². The summed E-state index contributed by atoms with van der Waals surface area (Å²) >= 11 is 3.25. The predicted octanol–water partition coefficient (Wildman–Crippen LogP) is 2.85. The largest absolute Gasteiger partial charge is 0.465 e. The quantitative estimate of drug-likeness (QED) is 0.779. The molecule has 0 radical (unpaired) electrons. The summed E-state index contributed by atoms with van der Waals surface area (Å²) in [4.78, 5) is 10.3. The highest BCUT2D eigenvalue weighted by Gasteiger charge is 2.01. The summed E-state index contributed by atoms with van der Waals surface area (Å²) in [5, 5.41) is 10.8. The van der Waals surface area contributed by atoms with Crippen molar-refractivity contribution in [2.24, 2.45) is 0 Å². The molecule has 1 aromatic carbocycles. The minimum atomic E-state index is -1.05. The summed E-state index contributed by atoms with van der Waals surface area (Å²) in [6, 6.07) is 5.43. The normalized spacial score (nSPS) is 9.50. The van der Waals surface area contributed by atoms with Crippen molar-refractivity contribution in [1.82, 2.24) is 0 Å². The Bertz CT molecular complexity index is 312. The highest BCUT2D eigenvalue weighted by Crippen LogP contribution is 2.20. The van der Waals surface area contributed by atoms with E-state index in [-0.39, 0.29) is 0 Å². The standard InChI is InChI=1S/C8H8BrNO2/c1-5-2-3-6(9)4-7(5)10-8(11)12/h2-4,10H,1H3,(H,11,12). The van der Waals surface area contributed by atoms with Gasteiger partial charge in [0.05, 0.1) is 0 Å². The molecule has 3 nitrogen and oxygen atoms in total. The van der Waals surface area contributed by atoms with Crippen LogP contribution in [0.25, 0.3) is 0 Å². The second-order valence-corrected chi connectivity index (χ2v) is 3.31. The van der Waals surface area contributed by atoms with Crippen molar-refractivity contribution in [2.75, 3.05) is 5.32 Å². The van der Waals surface area contributed by atoms with E-state index < -0.39 is 6.09 Å². The van der Waals surface area contributed by atoms with Crippen LogP contribution in [0.4, 0.5) is 10.5 Å². The SMILES string of the molecule is Cc1ccc(Br)cc1NC(=O)O. The van der Waals surface area contributed by atoms with Gasteiger partial charge in [-0.05, 0) is 24.6 Å². The first-order chi connectivity index (χ1) is 5.59. The Labute approximate surface area is 78.5 Å². The lowest BCUT2D eigenvalue weighted by Gasteiger charge is -2.04. The number of hydrogen-bond donors (Lipinski definition) is 2. The zero-order valence-corrected chi connectivity index (χ0v) is 8.05. The smallest absolute Gasteiger partial charge is 0.409 e. The van der Waals surface area contributed by atoms with Gasteiger partial charge in [0.1, 0.15) is 0 Å². The fraction of sp³-hybridized carbons (Fsp3) is 0.125. The van der Waals surface area contributed by atoms with Gasteiger partial charge in [0, 0.05) is 10.2 Å². The number of carbonyl (C=O) groups is 1. The Morgan fingerprint density at radius 3 is 2.83 bits per heavy atom. The molecule has 0 atom stereocenters. The Morgan fingerprint density at radius 2 is 2.25 bits per heavy atom. The number of anilines is 1. The van der Waals surface area contributed by atoms with Crippen molar-refractivity contribution >= 4 is 27.7 Å². The molecule has 1 amide bonds. The Kier molecular flexibility index (Phi) is 2.70. The molecule has 0 heterocycles. The van der Waals surface area contributed by atoms with Gasteiger partial charge < -0.3 is 5.11 Å². The van der Waals surface area contributed by atoms with Crippen LogP contribution in [-0.4, -0.2) is 11.2 Å². The molecule has 0 spiro atoms. The van der Waals surface area contributed by atoms with Crippen molar-refractivity contribution in [3.63, 3.8) is 0 Å². The molecule has 0 saturated carbocycles. The third-order valence-electron chi connectivity index (χ3n) is 1.44. The molecule has 0 aliphatic rings. The van der Waals surface area contributed by atoms with Crippen molar-refractivity contribution in [3.8, 4) is 0 Å². The van der Waals surface area contributed by atoms with Gasteiger partial charge in [-0.15, -0.1) is 0 Å². The molecule has 64 valence electrons. The summed E-state index contributed by atoms with van der Waals surface area (Å²) < 4.78 is 0.858. The third-order valence-corrected chi connectivity index (χ3v) is 1.93. The Balaban J connectivity index is 2.97. The average Bonchev–Trinajstić information content (AvgIpc) is 1.96.